The number of nitrogens with two attached hydrogens (primary N) is 2. The van der Waals surface area contributed by atoms with Crippen molar-refractivity contribution in [3.05, 3.63) is 72.8 Å². The number of nitrogen functional groups attached to an aromatic ring is 2. The highest BCUT2D eigenvalue weighted by molar-refractivity contribution is 7.94. The Morgan fingerprint density at radius 2 is 0.731 bits per heavy atom. The molecule has 0 bridgehead atoms. The molecule has 26 heavy (non-hydrogen) atoms. The van der Waals surface area contributed by atoms with Gasteiger partial charge < -0.3 is 11.5 Å². The topological polar surface area (TPSA) is 120 Å². The van der Waals surface area contributed by atoms with Gasteiger partial charge in [0.05, 0.1) is 31.0 Å². The van der Waals surface area contributed by atoms with Gasteiger partial charge in [0.25, 0.3) is 0 Å². The summed E-state index contributed by atoms with van der Waals surface area (Å²) in [5.41, 5.74) is 11.7. The first-order chi connectivity index (χ1) is 12.3. The van der Waals surface area contributed by atoms with Gasteiger partial charge in [-0.1, -0.05) is 36.4 Å². The second-order valence-corrected chi connectivity index (χ2v) is 9.30. The molecule has 3 rings (SSSR count). The van der Waals surface area contributed by atoms with Crippen molar-refractivity contribution in [3.63, 3.8) is 0 Å². The van der Waals surface area contributed by atoms with E-state index in [2.05, 4.69) is 0 Å². The molecule has 0 atom stereocenters. The quantitative estimate of drug-likeness (QED) is 0.663. The van der Waals surface area contributed by atoms with Gasteiger partial charge >= 0.3 is 0 Å². The molecule has 0 saturated carbocycles. The number of hydrogen-bond acceptors (Lipinski definition) is 6. The summed E-state index contributed by atoms with van der Waals surface area (Å²) in [5, 5.41) is 0. The highest BCUT2D eigenvalue weighted by Gasteiger charge is 2.30. The van der Waals surface area contributed by atoms with E-state index >= 15 is 0 Å². The maximum absolute atomic E-state index is 13.1. The Balaban J connectivity index is 2.29. The monoisotopic (exact) mass is 388 g/mol. The SMILES string of the molecule is Nc1ccccc1S(=O)(=O)c1ccccc1S(=O)(=O)c1ccccc1N. The zero-order chi connectivity index (χ0) is 18.9. The van der Waals surface area contributed by atoms with Crippen LogP contribution in [-0.2, 0) is 19.7 Å². The lowest BCUT2D eigenvalue weighted by atomic mass is 10.3. The van der Waals surface area contributed by atoms with Crippen LogP contribution in [0.15, 0.2) is 92.4 Å². The first-order valence-corrected chi connectivity index (χ1v) is 10.5. The van der Waals surface area contributed by atoms with Crippen molar-refractivity contribution in [3.8, 4) is 0 Å². The Labute approximate surface area is 151 Å². The Morgan fingerprint density at radius 3 is 1.04 bits per heavy atom. The lowest BCUT2D eigenvalue weighted by Gasteiger charge is -2.13. The van der Waals surface area contributed by atoms with Gasteiger partial charge in [-0.3, -0.25) is 0 Å². The first kappa shape index (κ1) is 18.0. The molecule has 0 unspecified atom stereocenters. The fourth-order valence-corrected chi connectivity index (χ4v) is 6.17. The van der Waals surface area contributed by atoms with Gasteiger partial charge in [0.15, 0.2) is 0 Å². The van der Waals surface area contributed by atoms with E-state index in [-0.39, 0.29) is 31.0 Å². The highest BCUT2D eigenvalue weighted by atomic mass is 32.2. The van der Waals surface area contributed by atoms with Gasteiger partial charge in [-0.15, -0.1) is 0 Å². The van der Waals surface area contributed by atoms with Crippen molar-refractivity contribution in [2.75, 3.05) is 11.5 Å². The first-order valence-electron chi connectivity index (χ1n) is 7.54. The average molecular weight is 388 g/mol. The molecule has 0 aliphatic heterocycles. The zero-order valence-corrected chi connectivity index (χ0v) is 15.2. The lowest BCUT2D eigenvalue weighted by Crippen LogP contribution is -2.13. The number of sulfone groups is 2. The maximum Gasteiger partial charge on any atom is 0.209 e. The van der Waals surface area contributed by atoms with Crippen LogP contribution in [0.3, 0.4) is 0 Å². The number of para-hydroxylation sites is 2. The molecule has 6 nitrogen and oxygen atoms in total. The van der Waals surface area contributed by atoms with Crippen molar-refractivity contribution >= 4 is 31.0 Å². The van der Waals surface area contributed by atoms with Crippen molar-refractivity contribution in [2.24, 2.45) is 0 Å². The molecule has 134 valence electrons. The van der Waals surface area contributed by atoms with E-state index in [1.54, 1.807) is 12.1 Å². The van der Waals surface area contributed by atoms with Gasteiger partial charge in [-0.2, -0.15) is 0 Å². The van der Waals surface area contributed by atoms with E-state index in [4.69, 9.17) is 11.5 Å². The summed E-state index contributed by atoms with van der Waals surface area (Å²) in [4.78, 5) is -0.991. The number of anilines is 2. The standard InChI is InChI=1S/C18H16N2O4S2/c19-13-7-1-3-9-15(13)25(21,22)17-11-5-6-12-18(17)26(23,24)16-10-4-2-8-14(16)20/h1-12H,19-20H2. The third-order valence-electron chi connectivity index (χ3n) is 3.85. The third kappa shape index (κ3) is 2.93. The summed E-state index contributed by atoms with van der Waals surface area (Å²) < 4.78 is 52.3. The zero-order valence-electron chi connectivity index (χ0n) is 13.5. The predicted octanol–water partition coefficient (Wildman–Crippen LogP) is 2.52. The van der Waals surface area contributed by atoms with Crippen LogP contribution in [0.4, 0.5) is 11.4 Å². The summed E-state index contributed by atoms with van der Waals surface area (Å²) in [5.74, 6) is 0. The molecule has 0 aliphatic rings. The van der Waals surface area contributed by atoms with Gasteiger partial charge in [0, 0.05) is 0 Å². The Bertz CT molecular complexity index is 1090. The molecule has 0 aliphatic carbocycles. The average Bonchev–Trinajstić information content (AvgIpc) is 2.62. The molecular weight excluding hydrogens is 372 g/mol. The van der Waals surface area contributed by atoms with Crippen molar-refractivity contribution in [1.82, 2.24) is 0 Å². The molecule has 0 amide bonds. The summed E-state index contributed by atoms with van der Waals surface area (Å²) >= 11 is 0. The normalized spacial score (nSPS) is 12.0. The molecule has 0 spiro atoms. The number of rotatable bonds is 4. The van der Waals surface area contributed by atoms with E-state index < -0.39 is 19.7 Å². The van der Waals surface area contributed by atoms with Crippen molar-refractivity contribution in [2.45, 2.75) is 19.6 Å². The van der Waals surface area contributed by atoms with E-state index in [9.17, 15) is 16.8 Å². The van der Waals surface area contributed by atoms with Crippen LogP contribution in [0.25, 0.3) is 0 Å². The van der Waals surface area contributed by atoms with Gasteiger partial charge in [0.1, 0.15) is 0 Å². The number of hydrogen-bond donors (Lipinski definition) is 2. The van der Waals surface area contributed by atoms with E-state index in [1.807, 2.05) is 0 Å². The van der Waals surface area contributed by atoms with Gasteiger partial charge in [-0.05, 0) is 36.4 Å². The Hall–Kier alpha value is -2.84. The van der Waals surface area contributed by atoms with E-state index in [0.717, 1.165) is 0 Å². The largest absolute Gasteiger partial charge is 0.398 e. The minimum Gasteiger partial charge on any atom is -0.398 e. The second kappa shape index (κ2) is 6.47. The van der Waals surface area contributed by atoms with Crippen LogP contribution in [0.1, 0.15) is 0 Å². The highest BCUT2D eigenvalue weighted by Crippen LogP contribution is 2.34. The molecule has 0 radical (unpaired) electrons. The summed E-state index contributed by atoms with van der Waals surface area (Å²) in [6.07, 6.45) is 0. The fourth-order valence-electron chi connectivity index (χ4n) is 2.58. The molecule has 4 N–H and O–H groups in total. The van der Waals surface area contributed by atoms with Crippen LogP contribution >= 0.6 is 0 Å². The molecule has 8 heteroatoms. The molecule has 0 saturated heterocycles. The Kier molecular flexibility index (Phi) is 4.47. The number of benzene rings is 3. The molecular formula is C18H16N2O4S2. The molecule has 3 aromatic rings. The van der Waals surface area contributed by atoms with Crippen LogP contribution < -0.4 is 11.5 Å². The van der Waals surface area contributed by atoms with Crippen molar-refractivity contribution < 1.29 is 16.8 Å². The predicted molar refractivity (Wildman–Crippen MR) is 99.1 cm³/mol. The van der Waals surface area contributed by atoms with Crippen LogP contribution in [-0.4, -0.2) is 16.8 Å². The van der Waals surface area contributed by atoms with Gasteiger partial charge in [-0.25, -0.2) is 16.8 Å². The summed E-state index contributed by atoms with van der Waals surface area (Å²) in [7, 11) is -8.30. The van der Waals surface area contributed by atoms with Crippen molar-refractivity contribution in [1.29, 1.82) is 0 Å². The van der Waals surface area contributed by atoms with Crippen LogP contribution in [0.5, 0.6) is 0 Å². The second-order valence-electron chi connectivity index (χ2n) is 5.53. The van der Waals surface area contributed by atoms with Crippen LogP contribution in [0, 0.1) is 0 Å². The fraction of sp³-hybridized carbons (Fsp3) is 0. The molecule has 3 aromatic carbocycles. The maximum atomic E-state index is 13.1. The smallest absolute Gasteiger partial charge is 0.209 e. The third-order valence-corrected chi connectivity index (χ3v) is 7.75. The summed E-state index contributed by atoms with van der Waals surface area (Å²) in [6, 6.07) is 17.2. The minimum atomic E-state index is -4.15. The Morgan fingerprint density at radius 1 is 0.462 bits per heavy atom. The van der Waals surface area contributed by atoms with Gasteiger partial charge in [0.2, 0.25) is 19.7 Å². The molecule has 0 aromatic heterocycles. The van der Waals surface area contributed by atoms with E-state index in [0.29, 0.717) is 0 Å². The van der Waals surface area contributed by atoms with E-state index in [1.165, 1.54) is 60.7 Å². The molecule has 0 fully saturated rings. The summed E-state index contributed by atoms with van der Waals surface area (Å²) in [6.45, 7) is 0. The minimum absolute atomic E-state index is 0.0407. The molecule has 0 heterocycles. The lowest BCUT2D eigenvalue weighted by molar-refractivity contribution is 0.583. The van der Waals surface area contributed by atoms with Crippen LogP contribution in [0.2, 0.25) is 0 Å².